The Kier molecular flexibility index (Phi) is 4.36. The Morgan fingerprint density at radius 3 is 2.83 bits per heavy atom. The summed E-state index contributed by atoms with van der Waals surface area (Å²) >= 11 is 5.79. The van der Waals surface area contributed by atoms with Crippen LogP contribution in [0.5, 0.6) is 5.88 Å². The van der Waals surface area contributed by atoms with Crippen molar-refractivity contribution in [3.63, 3.8) is 0 Å². The summed E-state index contributed by atoms with van der Waals surface area (Å²) in [6.07, 6.45) is 3.30. The molecule has 1 aliphatic rings. The Morgan fingerprint density at radius 1 is 1.56 bits per heavy atom. The molecule has 5 nitrogen and oxygen atoms in total. The molecule has 1 unspecified atom stereocenters. The molecule has 1 fully saturated rings. The molecule has 0 aromatic carbocycles. The summed E-state index contributed by atoms with van der Waals surface area (Å²) in [5, 5.41) is 7.18. The maximum atomic E-state index is 11.7. The fraction of sp³-hybridized carbons (Fsp3) is 0.583. The van der Waals surface area contributed by atoms with Gasteiger partial charge in [-0.1, -0.05) is 0 Å². The minimum atomic E-state index is -0.456. The molecule has 2 rings (SSSR count). The number of hydrogen-bond acceptors (Lipinski definition) is 4. The number of carbonyl (C=O) groups excluding carboxylic acids is 1. The van der Waals surface area contributed by atoms with Crippen LogP contribution in [-0.2, 0) is 4.79 Å². The first-order chi connectivity index (χ1) is 8.66. The number of piperidine rings is 1. The van der Waals surface area contributed by atoms with Crippen molar-refractivity contribution in [2.24, 2.45) is 0 Å². The minimum absolute atomic E-state index is 0.00498. The van der Waals surface area contributed by atoms with Gasteiger partial charge in [0.15, 0.2) is 0 Å². The monoisotopic (exact) mass is 269 g/mol. The van der Waals surface area contributed by atoms with Gasteiger partial charge in [-0.3, -0.25) is 4.79 Å². The largest absolute Gasteiger partial charge is 0.473 e. The molecule has 1 saturated heterocycles. The van der Waals surface area contributed by atoms with Crippen LogP contribution in [0, 0.1) is 0 Å². The van der Waals surface area contributed by atoms with Gasteiger partial charge < -0.3 is 9.64 Å². The van der Waals surface area contributed by atoms with Crippen molar-refractivity contribution in [3.8, 4) is 5.88 Å². The Bertz CT molecular complexity index is 392. The van der Waals surface area contributed by atoms with Crippen LogP contribution in [0.1, 0.15) is 19.8 Å². The average Bonchev–Trinajstić information content (AvgIpc) is 2.40. The van der Waals surface area contributed by atoms with Crippen LogP contribution >= 0.6 is 11.6 Å². The molecule has 1 aliphatic heterocycles. The second-order valence-corrected chi connectivity index (χ2v) is 4.98. The standard InChI is InChI=1S/C12H16ClN3O2/c1-9(13)12(17)16-7-4-10(5-8-16)18-11-3-2-6-14-15-11/h2-3,6,9-10H,4-5,7-8H2,1H3. The van der Waals surface area contributed by atoms with E-state index in [9.17, 15) is 4.79 Å². The lowest BCUT2D eigenvalue weighted by Gasteiger charge is -2.32. The number of likely N-dealkylation sites (tertiary alicyclic amines) is 1. The SMILES string of the molecule is CC(Cl)C(=O)N1CCC(Oc2cccnn2)CC1. The third kappa shape index (κ3) is 3.32. The maximum absolute atomic E-state index is 11.7. The van der Waals surface area contributed by atoms with Crippen molar-refractivity contribution in [1.82, 2.24) is 15.1 Å². The van der Waals surface area contributed by atoms with E-state index in [-0.39, 0.29) is 12.0 Å². The van der Waals surface area contributed by atoms with Gasteiger partial charge in [0.25, 0.3) is 0 Å². The Morgan fingerprint density at radius 2 is 2.28 bits per heavy atom. The molecule has 1 atom stereocenters. The van der Waals surface area contributed by atoms with E-state index in [1.165, 1.54) is 0 Å². The average molecular weight is 270 g/mol. The van der Waals surface area contributed by atoms with Gasteiger partial charge in [0.1, 0.15) is 11.5 Å². The van der Waals surface area contributed by atoms with Crippen molar-refractivity contribution < 1.29 is 9.53 Å². The summed E-state index contributed by atoms with van der Waals surface area (Å²) in [6.45, 7) is 3.06. The molecule has 6 heteroatoms. The molecule has 1 aromatic heterocycles. The summed E-state index contributed by atoms with van der Waals surface area (Å²) in [7, 11) is 0. The van der Waals surface area contributed by atoms with Crippen LogP contribution in [0.3, 0.4) is 0 Å². The first kappa shape index (κ1) is 13.1. The number of hydrogen-bond donors (Lipinski definition) is 0. The summed E-state index contributed by atoms with van der Waals surface area (Å²) in [4.78, 5) is 13.5. The normalized spacial score (nSPS) is 18.4. The van der Waals surface area contributed by atoms with Crippen molar-refractivity contribution >= 4 is 17.5 Å². The van der Waals surface area contributed by atoms with E-state index < -0.39 is 5.38 Å². The van der Waals surface area contributed by atoms with Gasteiger partial charge in [-0.2, -0.15) is 5.10 Å². The summed E-state index contributed by atoms with van der Waals surface area (Å²) in [5.41, 5.74) is 0. The van der Waals surface area contributed by atoms with Crippen molar-refractivity contribution in [1.29, 1.82) is 0 Å². The smallest absolute Gasteiger partial charge is 0.240 e. The Hall–Kier alpha value is -1.36. The number of rotatable bonds is 3. The quantitative estimate of drug-likeness (QED) is 0.780. The molecule has 1 amide bonds. The van der Waals surface area contributed by atoms with E-state index >= 15 is 0 Å². The predicted molar refractivity (Wildman–Crippen MR) is 67.6 cm³/mol. The van der Waals surface area contributed by atoms with Gasteiger partial charge in [0.05, 0.1) is 0 Å². The number of nitrogens with zero attached hydrogens (tertiary/aromatic N) is 3. The highest BCUT2D eigenvalue weighted by Gasteiger charge is 2.26. The topological polar surface area (TPSA) is 55.3 Å². The number of halogens is 1. The molecule has 0 spiro atoms. The maximum Gasteiger partial charge on any atom is 0.240 e. The summed E-state index contributed by atoms with van der Waals surface area (Å²) in [6, 6.07) is 3.57. The Balaban J connectivity index is 1.82. The van der Waals surface area contributed by atoms with Crippen LogP contribution in [0.2, 0.25) is 0 Å². The fourth-order valence-corrected chi connectivity index (χ4v) is 2.10. The molecule has 0 N–H and O–H groups in total. The molecular weight excluding hydrogens is 254 g/mol. The molecule has 2 heterocycles. The van der Waals surface area contributed by atoms with Gasteiger partial charge in [0.2, 0.25) is 11.8 Å². The zero-order valence-electron chi connectivity index (χ0n) is 10.3. The van der Waals surface area contributed by atoms with E-state index in [0.29, 0.717) is 19.0 Å². The van der Waals surface area contributed by atoms with Gasteiger partial charge in [-0.25, -0.2) is 0 Å². The lowest BCUT2D eigenvalue weighted by Crippen LogP contribution is -2.44. The Labute approximate surface area is 111 Å². The third-order valence-electron chi connectivity index (χ3n) is 2.93. The molecule has 1 aromatic rings. The van der Waals surface area contributed by atoms with Gasteiger partial charge in [-0.15, -0.1) is 16.7 Å². The van der Waals surface area contributed by atoms with Crippen LogP contribution in [0.25, 0.3) is 0 Å². The second kappa shape index (κ2) is 6.00. The number of amides is 1. The van der Waals surface area contributed by atoms with E-state index in [2.05, 4.69) is 10.2 Å². The van der Waals surface area contributed by atoms with Crippen molar-refractivity contribution in [2.75, 3.05) is 13.1 Å². The number of carbonyl (C=O) groups is 1. The molecule has 0 saturated carbocycles. The molecule has 18 heavy (non-hydrogen) atoms. The van der Waals surface area contributed by atoms with E-state index in [4.69, 9.17) is 16.3 Å². The lowest BCUT2D eigenvalue weighted by molar-refractivity contribution is -0.132. The molecular formula is C12H16ClN3O2. The molecule has 98 valence electrons. The van der Waals surface area contributed by atoms with Crippen LogP contribution < -0.4 is 4.74 Å². The highest BCUT2D eigenvalue weighted by molar-refractivity contribution is 6.30. The zero-order valence-corrected chi connectivity index (χ0v) is 11.0. The number of ether oxygens (including phenoxy) is 1. The highest BCUT2D eigenvalue weighted by Crippen LogP contribution is 2.17. The lowest BCUT2D eigenvalue weighted by atomic mass is 10.1. The summed E-state index contributed by atoms with van der Waals surface area (Å²) < 4.78 is 5.70. The summed E-state index contributed by atoms with van der Waals surface area (Å²) in [5.74, 6) is 0.530. The zero-order chi connectivity index (χ0) is 13.0. The second-order valence-electron chi connectivity index (χ2n) is 4.32. The highest BCUT2D eigenvalue weighted by atomic mass is 35.5. The van der Waals surface area contributed by atoms with E-state index in [1.54, 1.807) is 30.2 Å². The minimum Gasteiger partial charge on any atom is -0.473 e. The van der Waals surface area contributed by atoms with E-state index in [1.807, 2.05) is 0 Å². The van der Waals surface area contributed by atoms with Crippen molar-refractivity contribution in [3.05, 3.63) is 18.3 Å². The predicted octanol–water partition coefficient (Wildman–Crippen LogP) is 1.47. The molecule has 0 radical (unpaired) electrons. The van der Waals surface area contributed by atoms with E-state index in [0.717, 1.165) is 12.8 Å². The van der Waals surface area contributed by atoms with Crippen LogP contribution in [-0.4, -0.2) is 45.6 Å². The third-order valence-corrected chi connectivity index (χ3v) is 3.12. The fourth-order valence-electron chi connectivity index (χ4n) is 1.97. The first-order valence-corrected chi connectivity index (χ1v) is 6.47. The van der Waals surface area contributed by atoms with Gasteiger partial charge >= 0.3 is 0 Å². The van der Waals surface area contributed by atoms with Gasteiger partial charge in [-0.05, 0) is 13.0 Å². The van der Waals surface area contributed by atoms with Crippen LogP contribution in [0.15, 0.2) is 18.3 Å². The van der Waals surface area contributed by atoms with Gasteiger partial charge in [0, 0.05) is 38.2 Å². The van der Waals surface area contributed by atoms with Crippen LogP contribution in [0.4, 0.5) is 0 Å². The molecule has 0 aliphatic carbocycles. The number of aromatic nitrogens is 2. The first-order valence-electron chi connectivity index (χ1n) is 6.04. The van der Waals surface area contributed by atoms with Crippen molar-refractivity contribution in [2.45, 2.75) is 31.2 Å². The number of alkyl halides is 1. The molecule has 0 bridgehead atoms.